The average Bonchev–Trinajstić information content (AvgIpc) is 3.41. The molecule has 0 amide bonds. The van der Waals surface area contributed by atoms with Gasteiger partial charge < -0.3 is 15.2 Å². The summed E-state index contributed by atoms with van der Waals surface area (Å²) in [6.45, 7) is 3.05. The van der Waals surface area contributed by atoms with E-state index in [0.717, 1.165) is 25.1 Å². The van der Waals surface area contributed by atoms with E-state index in [0.29, 0.717) is 52.0 Å². The summed E-state index contributed by atoms with van der Waals surface area (Å²) in [6, 6.07) is 12.3. The number of nitrogens with one attached hydrogen (secondary N) is 2. The van der Waals surface area contributed by atoms with E-state index in [9.17, 15) is 4.39 Å². The summed E-state index contributed by atoms with van der Waals surface area (Å²) in [6.07, 6.45) is 2.69. The highest BCUT2D eigenvalue weighted by molar-refractivity contribution is 6.33. The normalized spacial score (nSPS) is 16.0. The number of aromatic nitrogens is 4. The van der Waals surface area contributed by atoms with Crippen LogP contribution >= 0.6 is 23.2 Å². The minimum absolute atomic E-state index is 0.284. The summed E-state index contributed by atoms with van der Waals surface area (Å²) in [4.78, 5) is 13.8. The largest absolute Gasteiger partial charge is 0.350 e. The van der Waals surface area contributed by atoms with Crippen LogP contribution in [0.1, 0.15) is 12.0 Å². The Morgan fingerprint density at radius 3 is 2.81 bits per heavy atom. The van der Waals surface area contributed by atoms with E-state index in [1.54, 1.807) is 18.3 Å². The van der Waals surface area contributed by atoms with Crippen LogP contribution in [0.5, 0.6) is 0 Å². The lowest BCUT2D eigenvalue weighted by atomic mass is 10.1. The first-order chi connectivity index (χ1) is 15.6. The Morgan fingerprint density at radius 2 is 2.03 bits per heavy atom. The quantitative estimate of drug-likeness (QED) is 0.407. The first-order valence-corrected chi connectivity index (χ1v) is 11.2. The first kappa shape index (κ1) is 21.1. The molecule has 3 heterocycles. The number of rotatable bonds is 6. The number of benzene rings is 2. The van der Waals surface area contributed by atoms with Crippen molar-refractivity contribution in [3.63, 3.8) is 0 Å². The third kappa shape index (κ3) is 4.28. The zero-order chi connectivity index (χ0) is 22.1. The molecule has 2 N–H and O–H groups in total. The Kier molecular flexibility index (Phi) is 5.95. The molecule has 9 heteroatoms. The Hall–Kier alpha value is -2.74. The van der Waals surface area contributed by atoms with E-state index in [4.69, 9.17) is 28.2 Å². The van der Waals surface area contributed by atoms with Crippen LogP contribution in [-0.4, -0.2) is 32.6 Å². The minimum atomic E-state index is -0.411. The monoisotopic (exact) mass is 470 g/mol. The molecule has 0 unspecified atom stereocenters. The molecule has 1 aliphatic heterocycles. The maximum absolute atomic E-state index is 14.8. The van der Waals surface area contributed by atoms with Crippen molar-refractivity contribution >= 4 is 40.3 Å². The van der Waals surface area contributed by atoms with Crippen molar-refractivity contribution in [2.75, 3.05) is 18.4 Å². The van der Waals surface area contributed by atoms with E-state index < -0.39 is 5.82 Å². The number of hydrogen-bond donors (Lipinski definition) is 2. The van der Waals surface area contributed by atoms with Gasteiger partial charge in [-0.25, -0.2) is 14.4 Å². The third-order valence-corrected chi connectivity index (χ3v) is 6.17. The molecule has 0 aliphatic carbocycles. The van der Waals surface area contributed by atoms with Crippen LogP contribution < -0.4 is 10.6 Å². The maximum atomic E-state index is 14.8. The van der Waals surface area contributed by atoms with Crippen molar-refractivity contribution in [1.29, 1.82) is 0 Å². The van der Waals surface area contributed by atoms with E-state index in [1.807, 2.05) is 28.8 Å². The van der Waals surface area contributed by atoms with Gasteiger partial charge in [0, 0.05) is 18.1 Å². The minimum Gasteiger partial charge on any atom is -0.350 e. The van der Waals surface area contributed by atoms with Gasteiger partial charge in [0.25, 0.3) is 0 Å². The number of nitrogens with zero attached hydrogens (tertiary/aromatic N) is 4. The van der Waals surface area contributed by atoms with E-state index in [-0.39, 0.29) is 5.56 Å². The fraction of sp³-hybridized carbons (Fsp3) is 0.261. The van der Waals surface area contributed by atoms with Gasteiger partial charge in [-0.3, -0.25) is 0 Å². The molecule has 6 nitrogen and oxygen atoms in total. The summed E-state index contributed by atoms with van der Waals surface area (Å²) >= 11 is 12.5. The molecule has 1 saturated heterocycles. The van der Waals surface area contributed by atoms with Crippen molar-refractivity contribution in [2.24, 2.45) is 5.92 Å². The van der Waals surface area contributed by atoms with Crippen LogP contribution in [0.25, 0.3) is 22.6 Å². The lowest BCUT2D eigenvalue weighted by Gasteiger charge is -2.14. The molecule has 0 spiro atoms. The number of hydrogen-bond acceptors (Lipinski definition) is 5. The Bertz CT molecular complexity index is 1250. The zero-order valence-electron chi connectivity index (χ0n) is 17.2. The van der Waals surface area contributed by atoms with Crippen molar-refractivity contribution in [1.82, 2.24) is 24.8 Å². The van der Waals surface area contributed by atoms with Gasteiger partial charge in [-0.1, -0.05) is 41.4 Å². The van der Waals surface area contributed by atoms with Crippen molar-refractivity contribution in [2.45, 2.75) is 19.5 Å². The smallest absolute Gasteiger partial charge is 0.225 e. The Labute approximate surface area is 194 Å². The molecule has 0 saturated carbocycles. The first-order valence-electron chi connectivity index (χ1n) is 10.4. The molecule has 5 rings (SSSR count). The van der Waals surface area contributed by atoms with E-state index >= 15 is 0 Å². The molecular weight excluding hydrogens is 450 g/mol. The second kappa shape index (κ2) is 9.02. The summed E-state index contributed by atoms with van der Waals surface area (Å²) in [7, 11) is 0. The molecule has 4 aromatic rings. The predicted octanol–water partition coefficient (Wildman–Crippen LogP) is 5.16. The second-order valence-electron chi connectivity index (χ2n) is 7.89. The van der Waals surface area contributed by atoms with Crippen molar-refractivity contribution in [3.8, 4) is 11.4 Å². The van der Waals surface area contributed by atoms with Crippen LogP contribution in [-0.2, 0) is 13.1 Å². The molecule has 2 aromatic carbocycles. The predicted molar refractivity (Wildman–Crippen MR) is 125 cm³/mol. The molecule has 164 valence electrons. The van der Waals surface area contributed by atoms with Crippen LogP contribution in [0.4, 0.5) is 10.3 Å². The van der Waals surface area contributed by atoms with Gasteiger partial charge in [0.2, 0.25) is 5.95 Å². The highest BCUT2D eigenvalue weighted by atomic mass is 35.5. The topological polar surface area (TPSA) is 67.7 Å². The lowest BCUT2D eigenvalue weighted by Crippen LogP contribution is -2.16. The molecule has 0 radical (unpaired) electrons. The number of halogens is 3. The highest BCUT2D eigenvalue weighted by Crippen LogP contribution is 2.33. The fourth-order valence-electron chi connectivity index (χ4n) is 4.04. The standard InChI is InChI=1S/C23H21Cl2FN6/c24-16-4-1-3-14(9-16)11-28-23-29-12-19-21(31-23)32(13-15-7-8-27-10-15)22(30-19)20-17(25)5-2-6-18(20)26/h1-6,9,12,15,27H,7-8,10-11,13H2,(H,28,29,31)/t15-/m0/s1. The Balaban J connectivity index is 1.54. The van der Waals surface area contributed by atoms with Crippen LogP contribution in [0.15, 0.2) is 48.7 Å². The van der Waals surface area contributed by atoms with Gasteiger partial charge in [0.1, 0.15) is 17.2 Å². The summed E-state index contributed by atoms with van der Waals surface area (Å²) < 4.78 is 16.7. The van der Waals surface area contributed by atoms with Crippen LogP contribution in [0.2, 0.25) is 10.0 Å². The fourth-order valence-corrected chi connectivity index (χ4v) is 4.50. The van der Waals surface area contributed by atoms with Gasteiger partial charge >= 0.3 is 0 Å². The number of fused-ring (bicyclic) bond motifs is 1. The molecule has 2 aromatic heterocycles. The van der Waals surface area contributed by atoms with Gasteiger partial charge in [0.15, 0.2) is 5.65 Å². The number of imidazole rings is 1. The molecule has 0 bridgehead atoms. The summed E-state index contributed by atoms with van der Waals surface area (Å²) in [5, 5.41) is 7.61. The van der Waals surface area contributed by atoms with E-state index in [1.165, 1.54) is 6.07 Å². The molecule has 1 aliphatic rings. The molecule has 1 fully saturated rings. The SMILES string of the molecule is Fc1cccc(Cl)c1-c1nc2cnc(NCc3cccc(Cl)c3)nc2n1C[C@H]1CCNC1. The molecular formula is C23H21Cl2FN6. The van der Waals surface area contributed by atoms with Crippen LogP contribution in [0, 0.1) is 11.7 Å². The van der Waals surface area contributed by atoms with Crippen LogP contribution in [0.3, 0.4) is 0 Å². The van der Waals surface area contributed by atoms with Crippen molar-refractivity contribution in [3.05, 3.63) is 70.1 Å². The van der Waals surface area contributed by atoms with E-state index in [2.05, 4.69) is 20.6 Å². The zero-order valence-corrected chi connectivity index (χ0v) is 18.7. The average molecular weight is 471 g/mol. The number of anilines is 1. The summed E-state index contributed by atoms with van der Waals surface area (Å²) in [5.41, 5.74) is 2.55. The van der Waals surface area contributed by atoms with Crippen molar-refractivity contribution < 1.29 is 4.39 Å². The van der Waals surface area contributed by atoms with Gasteiger partial charge in [-0.2, -0.15) is 4.98 Å². The second-order valence-corrected chi connectivity index (χ2v) is 8.73. The Morgan fingerprint density at radius 1 is 1.16 bits per heavy atom. The molecule has 32 heavy (non-hydrogen) atoms. The summed E-state index contributed by atoms with van der Waals surface area (Å²) in [5.74, 6) is 0.922. The lowest BCUT2D eigenvalue weighted by molar-refractivity contribution is 0.489. The van der Waals surface area contributed by atoms with Gasteiger partial charge in [0.05, 0.1) is 16.8 Å². The third-order valence-electron chi connectivity index (χ3n) is 5.62. The molecule has 1 atom stereocenters. The maximum Gasteiger partial charge on any atom is 0.225 e. The van der Waals surface area contributed by atoms with Gasteiger partial charge in [-0.15, -0.1) is 0 Å². The highest BCUT2D eigenvalue weighted by Gasteiger charge is 2.24. The van der Waals surface area contributed by atoms with Gasteiger partial charge in [-0.05, 0) is 55.3 Å².